The molecule has 0 radical (unpaired) electrons. The number of carbonyl (C=O) groups excluding carboxylic acids is 1. The monoisotopic (exact) mass is 460 g/mol. The predicted molar refractivity (Wildman–Crippen MR) is 130 cm³/mol. The van der Waals surface area contributed by atoms with Crippen LogP contribution in [0.15, 0.2) is 90.3 Å². The topological polar surface area (TPSA) is 101 Å². The molecule has 4 aromatic rings. The predicted octanol–water partition coefficient (Wildman–Crippen LogP) is 4.42. The van der Waals surface area contributed by atoms with Crippen LogP contribution in [-0.4, -0.2) is 25.0 Å². The number of rotatable bonds is 8. The van der Waals surface area contributed by atoms with Gasteiger partial charge in [0.05, 0.1) is 11.1 Å². The molecule has 3 N–H and O–H groups in total. The van der Waals surface area contributed by atoms with E-state index in [1.165, 1.54) is 0 Å². The average molecular weight is 461 g/mol. The summed E-state index contributed by atoms with van der Waals surface area (Å²) in [6.07, 6.45) is 7.11. The number of aromatic nitrogens is 3. The molecule has 9 heteroatoms. The summed E-state index contributed by atoms with van der Waals surface area (Å²) >= 11 is 0. The SMILES string of the molecule is CCn1cc(-c2ccccc2S(=O)Nc2ccc(NC(=O)NCc3cccnc3)cc2)cn1. The van der Waals surface area contributed by atoms with E-state index in [1.54, 1.807) is 42.9 Å². The number of aryl methyl sites for hydroxylation is 1. The Morgan fingerprint density at radius 2 is 1.79 bits per heavy atom. The normalized spacial score (nSPS) is 11.5. The number of nitrogens with zero attached hydrogens (tertiary/aromatic N) is 3. The molecular formula is C24H24N6O2S. The molecule has 0 aliphatic carbocycles. The maximum Gasteiger partial charge on any atom is 0.319 e. The summed E-state index contributed by atoms with van der Waals surface area (Å²) in [7, 11) is -1.47. The van der Waals surface area contributed by atoms with E-state index in [0.29, 0.717) is 22.8 Å². The summed E-state index contributed by atoms with van der Waals surface area (Å²) < 4.78 is 17.9. The minimum absolute atomic E-state index is 0.315. The number of pyridine rings is 1. The van der Waals surface area contributed by atoms with Crippen molar-refractivity contribution >= 4 is 28.4 Å². The van der Waals surface area contributed by atoms with Crippen molar-refractivity contribution < 1.29 is 9.00 Å². The lowest BCUT2D eigenvalue weighted by atomic mass is 10.1. The summed E-state index contributed by atoms with van der Waals surface area (Å²) in [5.74, 6) is 0. The highest BCUT2D eigenvalue weighted by Gasteiger charge is 2.13. The third-order valence-corrected chi connectivity index (χ3v) is 6.06. The zero-order chi connectivity index (χ0) is 23.0. The molecule has 0 fully saturated rings. The lowest BCUT2D eigenvalue weighted by molar-refractivity contribution is 0.251. The van der Waals surface area contributed by atoms with Crippen molar-refractivity contribution in [3.05, 3.63) is 91.0 Å². The molecule has 168 valence electrons. The fourth-order valence-corrected chi connectivity index (χ4v) is 4.23. The van der Waals surface area contributed by atoms with Crippen molar-refractivity contribution in [3.8, 4) is 11.1 Å². The van der Waals surface area contributed by atoms with Crippen LogP contribution in [0.5, 0.6) is 0 Å². The molecule has 8 nitrogen and oxygen atoms in total. The van der Waals surface area contributed by atoms with E-state index in [0.717, 1.165) is 23.2 Å². The third kappa shape index (κ3) is 5.83. The number of urea groups is 1. The van der Waals surface area contributed by atoms with Gasteiger partial charge in [0, 0.05) is 54.2 Å². The van der Waals surface area contributed by atoms with Gasteiger partial charge in [0.1, 0.15) is 0 Å². The van der Waals surface area contributed by atoms with Gasteiger partial charge >= 0.3 is 6.03 Å². The van der Waals surface area contributed by atoms with Crippen molar-refractivity contribution in [1.29, 1.82) is 0 Å². The van der Waals surface area contributed by atoms with Gasteiger partial charge in [0.25, 0.3) is 0 Å². The summed E-state index contributed by atoms with van der Waals surface area (Å²) in [5, 5.41) is 9.88. The Morgan fingerprint density at radius 3 is 2.52 bits per heavy atom. The van der Waals surface area contributed by atoms with E-state index in [4.69, 9.17) is 0 Å². The van der Waals surface area contributed by atoms with E-state index < -0.39 is 11.0 Å². The fourth-order valence-electron chi connectivity index (χ4n) is 3.19. The zero-order valence-corrected chi connectivity index (χ0v) is 18.9. The first kappa shape index (κ1) is 22.2. The summed E-state index contributed by atoms with van der Waals surface area (Å²) in [4.78, 5) is 16.8. The summed E-state index contributed by atoms with van der Waals surface area (Å²) in [6, 6.07) is 18.0. The van der Waals surface area contributed by atoms with Crippen molar-refractivity contribution in [1.82, 2.24) is 20.1 Å². The molecule has 2 aromatic heterocycles. The van der Waals surface area contributed by atoms with Crippen molar-refractivity contribution in [2.45, 2.75) is 24.9 Å². The van der Waals surface area contributed by atoms with Gasteiger partial charge in [-0.1, -0.05) is 24.3 Å². The molecule has 1 atom stereocenters. The smallest absolute Gasteiger partial charge is 0.319 e. The van der Waals surface area contributed by atoms with Crippen LogP contribution < -0.4 is 15.4 Å². The Labute approximate surface area is 194 Å². The van der Waals surface area contributed by atoms with Gasteiger partial charge in [0.15, 0.2) is 11.0 Å². The van der Waals surface area contributed by atoms with E-state index >= 15 is 0 Å². The highest BCUT2D eigenvalue weighted by atomic mass is 32.2. The van der Waals surface area contributed by atoms with E-state index in [1.807, 2.05) is 54.2 Å². The molecule has 2 aromatic carbocycles. The molecule has 33 heavy (non-hydrogen) atoms. The van der Waals surface area contributed by atoms with Crippen LogP contribution >= 0.6 is 0 Å². The number of benzene rings is 2. The van der Waals surface area contributed by atoms with Crippen molar-refractivity contribution in [2.24, 2.45) is 0 Å². The summed E-state index contributed by atoms with van der Waals surface area (Å²) in [5.41, 5.74) is 4.00. The van der Waals surface area contributed by atoms with Gasteiger partial charge in [0.2, 0.25) is 0 Å². The molecule has 0 saturated heterocycles. The van der Waals surface area contributed by atoms with Gasteiger partial charge in [-0.2, -0.15) is 5.10 Å². The van der Waals surface area contributed by atoms with Crippen molar-refractivity contribution in [3.63, 3.8) is 0 Å². The fraction of sp³-hybridized carbons (Fsp3) is 0.125. The van der Waals surface area contributed by atoms with Gasteiger partial charge in [-0.05, 0) is 48.9 Å². The second-order valence-electron chi connectivity index (χ2n) is 7.20. The quantitative estimate of drug-likeness (QED) is 0.362. The molecule has 0 saturated carbocycles. The number of hydrogen-bond donors (Lipinski definition) is 3. The minimum atomic E-state index is -1.47. The van der Waals surface area contributed by atoms with Gasteiger partial charge in [-0.3, -0.25) is 9.67 Å². The molecule has 0 aliphatic heterocycles. The maximum atomic E-state index is 13.1. The highest BCUT2D eigenvalue weighted by molar-refractivity contribution is 7.86. The minimum Gasteiger partial charge on any atom is -0.334 e. The largest absolute Gasteiger partial charge is 0.334 e. The number of hydrogen-bond acceptors (Lipinski definition) is 4. The van der Waals surface area contributed by atoms with Gasteiger partial charge in [-0.25, -0.2) is 9.00 Å². The standard InChI is InChI=1S/C24H24N6O2S/c1-2-30-17-19(16-27-30)22-7-3-4-8-23(22)33(32)29-21-11-9-20(10-12-21)28-24(31)26-15-18-6-5-13-25-14-18/h3-14,16-17,29H,2,15H2,1H3,(H2,26,28,31). The number of amides is 2. The van der Waals surface area contributed by atoms with Crippen LogP contribution in [0.25, 0.3) is 11.1 Å². The van der Waals surface area contributed by atoms with E-state index in [2.05, 4.69) is 25.4 Å². The lowest BCUT2D eigenvalue weighted by Crippen LogP contribution is -2.28. The number of anilines is 2. The summed E-state index contributed by atoms with van der Waals surface area (Å²) in [6.45, 7) is 3.17. The molecule has 0 aliphatic rings. The van der Waals surface area contributed by atoms with Crippen LogP contribution in [0.3, 0.4) is 0 Å². The second kappa shape index (κ2) is 10.6. The van der Waals surface area contributed by atoms with Gasteiger partial charge in [-0.15, -0.1) is 0 Å². The molecule has 0 bridgehead atoms. The first-order valence-corrected chi connectivity index (χ1v) is 11.6. The van der Waals surface area contributed by atoms with Gasteiger partial charge < -0.3 is 15.4 Å². The molecule has 0 spiro atoms. The van der Waals surface area contributed by atoms with Crippen LogP contribution in [-0.2, 0) is 24.1 Å². The zero-order valence-electron chi connectivity index (χ0n) is 18.1. The number of carbonyl (C=O) groups is 1. The van der Waals surface area contributed by atoms with Crippen molar-refractivity contribution in [2.75, 3.05) is 10.0 Å². The van der Waals surface area contributed by atoms with Crippen LogP contribution in [0.4, 0.5) is 16.2 Å². The average Bonchev–Trinajstić information content (AvgIpc) is 3.34. The molecular weight excluding hydrogens is 436 g/mol. The van der Waals surface area contributed by atoms with E-state index in [9.17, 15) is 9.00 Å². The highest BCUT2D eigenvalue weighted by Crippen LogP contribution is 2.27. The van der Waals surface area contributed by atoms with E-state index in [-0.39, 0.29) is 6.03 Å². The Balaban J connectivity index is 1.37. The molecule has 1 unspecified atom stereocenters. The Kier molecular flexibility index (Phi) is 7.11. The Morgan fingerprint density at radius 1 is 1.00 bits per heavy atom. The Hall–Kier alpha value is -3.98. The third-order valence-electron chi connectivity index (χ3n) is 4.88. The van der Waals surface area contributed by atoms with Crippen LogP contribution in [0.2, 0.25) is 0 Å². The lowest BCUT2D eigenvalue weighted by Gasteiger charge is -2.11. The van der Waals surface area contributed by atoms with Crippen LogP contribution in [0.1, 0.15) is 12.5 Å². The second-order valence-corrected chi connectivity index (χ2v) is 8.38. The molecule has 2 amide bonds. The maximum absolute atomic E-state index is 13.1. The number of nitrogens with one attached hydrogen (secondary N) is 3. The van der Waals surface area contributed by atoms with Crippen LogP contribution in [0, 0.1) is 0 Å². The molecule has 2 heterocycles. The first-order valence-electron chi connectivity index (χ1n) is 10.5. The Bertz CT molecular complexity index is 1240. The first-order chi connectivity index (χ1) is 16.1. The molecule has 4 rings (SSSR count).